The molecule has 6 heteroatoms. The third-order valence-electron chi connectivity index (χ3n) is 7.59. The van der Waals surface area contributed by atoms with E-state index in [0.717, 1.165) is 54.7 Å². The fourth-order valence-corrected chi connectivity index (χ4v) is 6.55. The molecule has 156 valence electrons. The third kappa shape index (κ3) is 1.72. The average molecular weight is 421 g/mol. The van der Waals surface area contributed by atoms with Crippen LogP contribution in [0, 0.1) is 0 Å². The van der Waals surface area contributed by atoms with Gasteiger partial charge in [-0.15, -0.1) is 0 Å². The molecule has 3 aromatic carbocycles. The van der Waals surface area contributed by atoms with Crippen molar-refractivity contribution in [1.29, 1.82) is 0 Å². The van der Waals surface area contributed by atoms with Crippen LogP contribution in [-0.4, -0.2) is 20.8 Å². The van der Waals surface area contributed by atoms with Gasteiger partial charge >= 0.3 is 0 Å². The van der Waals surface area contributed by atoms with E-state index in [-0.39, 0.29) is 11.7 Å². The van der Waals surface area contributed by atoms with Crippen LogP contribution in [-0.2, 0) is 21.8 Å². The molecule has 0 spiro atoms. The van der Waals surface area contributed by atoms with Crippen LogP contribution in [0.4, 0.5) is 0 Å². The highest BCUT2D eigenvalue weighted by Gasteiger charge is 2.46. The standard InChI is InChI=1S/C26H19N3O3/c1-26-11-13(30)10-19(32-26)28-17-8-4-2-6-14(17)21-22-16(12-27-25(22)31)20-15-7-3-5-9-18(15)29(26)24(20)23(21)28/h2-9,19H,10-12H2,1H3,(H,27,31)/t19-,26+/m1/s1. The molecule has 0 unspecified atom stereocenters. The summed E-state index contributed by atoms with van der Waals surface area (Å²) in [4.78, 5) is 26.2. The number of rotatable bonds is 0. The highest BCUT2D eigenvalue weighted by atomic mass is 16.5. The number of hydrogen-bond acceptors (Lipinski definition) is 3. The first-order valence-electron chi connectivity index (χ1n) is 11.1. The maximum absolute atomic E-state index is 13.2. The van der Waals surface area contributed by atoms with E-state index in [0.29, 0.717) is 19.4 Å². The number of ether oxygens (including phenoxy) is 1. The minimum absolute atomic E-state index is 0.0305. The third-order valence-corrected chi connectivity index (χ3v) is 7.59. The van der Waals surface area contributed by atoms with Gasteiger partial charge in [-0.2, -0.15) is 0 Å². The van der Waals surface area contributed by atoms with Crippen molar-refractivity contribution in [3.63, 3.8) is 0 Å². The van der Waals surface area contributed by atoms with Gasteiger partial charge in [0.2, 0.25) is 0 Å². The number of hydrogen-bond donors (Lipinski definition) is 1. The smallest absolute Gasteiger partial charge is 0.252 e. The molecule has 0 radical (unpaired) electrons. The van der Waals surface area contributed by atoms with E-state index in [1.807, 2.05) is 31.2 Å². The van der Waals surface area contributed by atoms with Crippen LogP contribution in [0.25, 0.3) is 43.6 Å². The maximum atomic E-state index is 13.2. The number of benzene rings is 3. The SMILES string of the molecule is C[C@@]12CC(=O)C[C@@H](O1)n1c3ccccc3c3c4c(c5c6ccccc6n2c5c31)CNC4=O. The molecule has 5 heterocycles. The molecular formula is C26H19N3O3. The van der Waals surface area contributed by atoms with E-state index in [9.17, 15) is 9.59 Å². The molecule has 2 bridgehead atoms. The molecule has 0 saturated carbocycles. The van der Waals surface area contributed by atoms with Crippen molar-refractivity contribution in [2.24, 2.45) is 0 Å². The number of nitrogens with zero attached hydrogens (tertiary/aromatic N) is 2. The van der Waals surface area contributed by atoms with Gasteiger partial charge in [0, 0.05) is 28.1 Å². The topological polar surface area (TPSA) is 65.3 Å². The summed E-state index contributed by atoms with van der Waals surface area (Å²) in [6.45, 7) is 2.54. The van der Waals surface area contributed by atoms with Crippen molar-refractivity contribution in [2.45, 2.75) is 38.3 Å². The molecule has 2 atom stereocenters. The fraction of sp³-hybridized carbons (Fsp3) is 0.231. The van der Waals surface area contributed by atoms with Crippen LogP contribution in [0.2, 0.25) is 0 Å². The van der Waals surface area contributed by atoms with Crippen molar-refractivity contribution < 1.29 is 14.3 Å². The number of fused-ring (bicyclic) bond motifs is 13. The van der Waals surface area contributed by atoms with E-state index in [4.69, 9.17) is 4.74 Å². The van der Waals surface area contributed by atoms with Gasteiger partial charge in [0.05, 0.1) is 40.5 Å². The minimum atomic E-state index is -0.793. The summed E-state index contributed by atoms with van der Waals surface area (Å²) in [5, 5.41) is 7.26. The molecule has 2 aromatic heterocycles. The molecule has 1 saturated heterocycles. The van der Waals surface area contributed by atoms with Gasteiger partial charge in [0.1, 0.15) is 12.0 Å². The molecule has 5 aromatic rings. The van der Waals surface area contributed by atoms with E-state index >= 15 is 0 Å². The summed E-state index contributed by atoms with van der Waals surface area (Å²) in [5.74, 6) is 0.163. The quantitative estimate of drug-likeness (QED) is 0.394. The molecule has 1 fully saturated rings. The van der Waals surface area contributed by atoms with Crippen LogP contribution in [0.15, 0.2) is 48.5 Å². The lowest BCUT2D eigenvalue weighted by Gasteiger charge is -2.38. The Balaban J connectivity index is 1.79. The van der Waals surface area contributed by atoms with E-state index in [2.05, 4.69) is 38.7 Å². The van der Waals surface area contributed by atoms with Gasteiger partial charge in [0.15, 0.2) is 5.72 Å². The molecular weight excluding hydrogens is 402 g/mol. The number of para-hydroxylation sites is 2. The summed E-state index contributed by atoms with van der Waals surface area (Å²) in [5.41, 5.74) is 5.10. The van der Waals surface area contributed by atoms with Crippen LogP contribution in [0.5, 0.6) is 0 Å². The van der Waals surface area contributed by atoms with E-state index < -0.39 is 12.0 Å². The molecule has 3 aliphatic heterocycles. The number of Topliss-reactive ketones (excluding diaryl/α,β-unsaturated/α-hetero) is 1. The van der Waals surface area contributed by atoms with Gasteiger partial charge in [-0.05, 0) is 24.6 Å². The van der Waals surface area contributed by atoms with Crippen LogP contribution >= 0.6 is 0 Å². The first-order chi connectivity index (χ1) is 15.6. The van der Waals surface area contributed by atoms with Gasteiger partial charge in [-0.3, -0.25) is 9.59 Å². The largest absolute Gasteiger partial charge is 0.348 e. The molecule has 8 rings (SSSR count). The normalized spacial score (nSPS) is 24.1. The molecule has 1 N–H and O–H groups in total. The molecule has 0 aliphatic carbocycles. The van der Waals surface area contributed by atoms with Crippen LogP contribution in [0.1, 0.15) is 41.9 Å². The Morgan fingerprint density at radius 1 is 0.969 bits per heavy atom. The number of carbonyl (C=O) groups is 2. The molecule has 32 heavy (non-hydrogen) atoms. The Hall–Kier alpha value is -3.64. The van der Waals surface area contributed by atoms with Crippen LogP contribution < -0.4 is 5.32 Å². The zero-order valence-corrected chi connectivity index (χ0v) is 17.4. The monoisotopic (exact) mass is 421 g/mol. The highest BCUT2D eigenvalue weighted by molar-refractivity contribution is 6.31. The number of aromatic nitrogens is 2. The van der Waals surface area contributed by atoms with Crippen molar-refractivity contribution in [1.82, 2.24) is 14.5 Å². The van der Waals surface area contributed by atoms with Gasteiger partial charge in [-0.25, -0.2) is 0 Å². The zero-order chi connectivity index (χ0) is 21.4. The van der Waals surface area contributed by atoms with Gasteiger partial charge < -0.3 is 19.2 Å². The fourth-order valence-electron chi connectivity index (χ4n) is 6.55. The van der Waals surface area contributed by atoms with E-state index in [1.165, 1.54) is 0 Å². The summed E-state index contributed by atoms with van der Waals surface area (Å²) < 4.78 is 11.2. The van der Waals surface area contributed by atoms with Gasteiger partial charge in [0.25, 0.3) is 5.91 Å². The highest BCUT2D eigenvalue weighted by Crippen LogP contribution is 2.52. The van der Waals surface area contributed by atoms with Crippen molar-refractivity contribution in [3.8, 4) is 0 Å². The number of nitrogens with one attached hydrogen (secondary N) is 1. The second-order valence-corrected chi connectivity index (χ2v) is 9.39. The zero-order valence-electron chi connectivity index (χ0n) is 17.4. The Morgan fingerprint density at radius 2 is 1.69 bits per heavy atom. The predicted molar refractivity (Wildman–Crippen MR) is 122 cm³/mol. The number of amides is 1. The lowest BCUT2D eigenvalue weighted by molar-refractivity contribution is -0.189. The minimum Gasteiger partial charge on any atom is -0.348 e. The first kappa shape index (κ1) is 17.0. The Bertz CT molecular complexity index is 1720. The second-order valence-electron chi connectivity index (χ2n) is 9.39. The number of carbonyl (C=O) groups excluding carboxylic acids is 2. The molecule has 1 amide bonds. The Labute approximate surface area is 182 Å². The molecule has 6 nitrogen and oxygen atoms in total. The summed E-state index contributed by atoms with van der Waals surface area (Å²) in [7, 11) is 0. The Morgan fingerprint density at radius 3 is 2.50 bits per heavy atom. The summed E-state index contributed by atoms with van der Waals surface area (Å²) >= 11 is 0. The maximum Gasteiger partial charge on any atom is 0.252 e. The second kappa shape index (κ2) is 5.22. The van der Waals surface area contributed by atoms with Crippen molar-refractivity contribution in [2.75, 3.05) is 0 Å². The van der Waals surface area contributed by atoms with Crippen LogP contribution in [0.3, 0.4) is 0 Å². The van der Waals surface area contributed by atoms with Crippen molar-refractivity contribution >= 4 is 55.3 Å². The lowest BCUT2D eigenvalue weighted by atomic mass is 9.97. The van der Waals surface area contributed by atoms with Crippen molar-refractivity contribution in [3.05, 3.63) is 59.7 Å². The van der Waals surface area contributed by atoms with Gasteiger partial charge in [-0.1, -0.05) is 36.4 Å². The Kier molecular flexibility index (Phi) is 2.77. The number of ketones is 1. The summed E-state index contributed by atoms with van der Waals surface area (Å²) in [6, 6.07) is 16.4. The van der Waals surface area contributed by atoms with E-state index in [1.54, 1.807) is 0 Å². The first-order valence-corrected chi connectivity index (χ1v) is 11.1. The molecule has 3 aliphatic rings. The lowest BCUT2D eigenvalue weighted by Crippen LogP contribution is -2.41. The average Bonchev–Trinajstić information content (AvgIpc) is 3.41. The predicted octanol–water partition coefficient (Wildman–Crippen LogP) is 4.71. The summed E-state index contributed by atoms with van der Waals surface area (Å²) in [6.07, 6.45) is 0.250.